The minimum absolute atomic E-state index is 0. The van der Waals surface area contributed by atoms with Gasteiger partial charge in [0.2, 0.25) is 5.91 Å². The third-order valence-corrected chi connectivity index (χ3v) is 3.47. The fourth-order valence-electron chi connectivity index (χ4n) is 2.18. The lowest BCUT2D eigenvalue weighted by molar-refractivity contribution is -0.131. The quantitative estimate of drug-likeness (QED) is 0.838. The number of carbonyl (C=O) groups is 1. The van der Waals surface area contributed by atoms with Crippen LogP contribution in [0.1, 0.15) is 25.3 Å². The SMILES string of the molecule is CC1CCN(C(=O)Cc2ccc(N)cc2)CC1.Cl. The Balaban J connectivity index is 0.00000162. The Morgan fingerprint density at radius 2 is 1.83 bits per heavy atom. The maximum absolute atomic E-state index is 12.1. The van der Waals surface area contributed by atoms with E-state index in [0.29, 0.717) is 6.42 Å². The molecule has 1 aromatic carbocycles. The van der Waals surface area contributed by atoms with Crippen LogP contribution in [0.3, 0.4) is 0 Å². The minimum atomic E-state index is 0. The molecule has 1 fully saturated rings. The van der Waals surface area contributed by atoms with Gasteiger partial charge in [-0.25, -0.2) is 0 Å². The summed E-state index contributed by atoms with van der Waals surface area (Å²) in [5, 5.41) is 0. The van der Waals surface area contributed by atoms with Crippen LogP contribution in [-0.4, -0.2) is 23.9 Å². The average molecular weight is 269 g/mol. The number of hydrogen-bond donors (Lipinski definition) is 1. The predicted octanol–water partition coefficient (Wildman–Crippen LogP) is 2.49. The lowest BCUT2D eigenvalue weighted by Crippen LogP contribution is -2.38. The highest BCUT2D eigenvalue weighted by molar-refractivity contribution is 5.85. The molecule has 1 aliphatic heterocycles. The zero-order valence-electron chi connectivity index (χ0n) is 10.8. The van der Waals surface area contributed by atoms with E-state index < -0.39 is 0 Å². The van der Waals surface area contributed by atoms with Crippen LogP contribution in [0.5, 0.6) is 0 Å². The van der Waals surface area contributed by atoms with Crippen molar-refractivity contribution in [3.05, 3.63) is 29.8 Å². The molecule has 0 aromatic heterocycles. The largest absolute Gasteiger partial charge is 0.399 e. The summed E-state index contributed by atoms with van der Waals surface area (Å²) in [6, 6.07) is 7.56. The van der Waals surface area contributed by atoms with Crippen LogP contribution in [0.25, 0.3) is 0 Å². The lowest BCUT2D eigenvalue weighted by Gasteiger charge is -2.30. The first kappa shape index (κ1) is 14.8. The molecule has 100 valence electrons. The van der Waals surface area contributed by atoms with Crippen LogP contribution in [0.15, 0.2) is 24.3 Å². The summed E-state index contributed by atoms with van der Waals surface area (Å²) in [4.78, 5) is 14.0. The number of likely N-dealkylation sites (tertiary alicyclic amines) is 1. The van der Waals surface area contributed by atoms with Gasteiger partial charge in [-0.1, -0.05) is 19.1 Å². The van der Waals surface area contributed by atoms with Crippen molar-refractivity contribution in [2.45, 2.75) is 26.2 Å². The zero-order valence-corrected chi connectivity index (χ0v) is 11.6. The Morgan fingerprint density at radius 1 is 1.28 bits per heavy atom. The van der Waals surface area contributed by atoms with E-state index in [1.807, 2.05) is 29.2 Å². The number of carbonyl (C=O) groups excluding carboxylic acids is 1. The van der Waals surface area contributed by atoms with Gasteiger partial charge >= 0.3 is 0 Å². The smallest absolute Gasteiger partial charge is 0.226 e. The van der Waals surface area contributed by atoms with Gasteiger partial charge < -0.3 is 10.6 Å². The molecule has 0 radical (unpaired) electrons. The van der Waals surface area contributed by atoms with E-state index in [9.17, 15) is 4.79 Å². The molecule has 1 heterocycles. The molecule has 3 nitrogen and oxygen atoms in total. The third kappa shape index (κ3) is 3.91. The van der Waals surface area contributed by atoms with Gasteiger partial charge in [-0.05, 0) is 36.5 Å². The molecule has 1 saturated heterocycles. The number of halogens is 1. The van der Waals surface area contributed by atoms with Gasteiger partial charge in [-0.15, -0.1) is 12.4 Å². The van der Waals surface area contributed by atoms with Crippen molar-refractivity contribution in [2.24, 2.45) is 5.92 Å². The Morgan fingerprint density at radius 3 is 2.39 bits per heavy atom. The number of anilines is 1. The summed E-state index contributed by atoms with van der Waals surface area (Å²) in [6.45, 7) is 4.08. The molecule has 0 bridgehead atoms. The Kier molecular flexibility index (Phi) is 5.48. The molecule has 0 atom stereocenters. The maximum atomic E-state index is 12.1. The molecule has 0 saturated carbocycles. The second-order valence-electron chi connectivity index (χ2n) is 4.98. The van der Waals surface area contributed by atoms with Crippen LogP contribution in [0.4, 0.5) is 5.69 Å². The molecule has 2 rings (SSSR count). The summed E-state index contributed by atoms with van der Waals surface area (Å²) in [5.74, 6) is 0.997. The number of rotatable bonds is 2. The van der Waals surface area contributed by atoms with Crippen molar-refractivity contribution in [3.63, 3.8) is 0 Å². The molecule has 0 unspecified atom stereocenters. The standard InChI is InChI=1S/C14H20N2O.ClH/c1-11-6-8-16(9-7-11)14(17)10-12-2-4-13(15)5-3-12;/h2-5,11H,6-10,15H2,1H3;1H. The number of nitrogens with zero attached hydrogens (tertiary/aromatic N) is 1. The van der Waals surface area contributed by atoms with E-state index in [1.165, 1.54) is 0 Å². The summed E-state index contributed by atoms with van der Waals surface area (Å²) in [7, 11) is 0. The van der Waals surface area contributed by atoms with E-state index in [-0.39, 0.29) is 18.3 Å². The second kappa shape index (κ2) is 6.64. The van der Waals surface area contributed by atoms with Crippen molar-refractivity contribution in [2.75, 3.05) is 18.8 Å². The molecule has 0 spiro atoms. The molecule has 18 heavy (non-hydrogen) atoms. The summed E-state index contributed by atoms with van der Waals surface area (Å²) in [6.07, 6.45) is 2.76. The Hall–Kier alpha value is -1.22. The van der Waals surface area contributed by atoms with E-state index in [4.69, 9.17) is 5.73 Å². The fourth-order valence-corrected chi connectivity index (χ4v) is 2.18. The monoisotopic (exact) mass is 268 g/mol. The van der Waals surface area contributed by atoms with Gasteiger partial charge in [0.05, 0.1) is 6.42 Å². The third-order valence-electron chi connectivity index (χ3n) is 3.47. The first-order valence-electron chi connectivity index (χ1n) is 6.27. The number of nitrogen functional groups attached to an aromatic ring is 1. The zero-order chi connectivity index (χ0) is 12.3. The Labute approximate surface area is 115 Å². The highest BCUT2D eigenvalue weighted by Crippen LogP contribution is 2.17. The number of amides is 1. The van der Waals surface area contributed by atoms with Gasteiger partial charge in [0.25, 0.3) is 0 Å². The van der Waals surface area contributed by atoms with Crippen LogP contribution in [0, 0.1) is 5.92 Å². The molecule has 2 N–H and O–H groups in total. The molecular weight excluding hydrogens is 248 g/mol. The second-order valence-corrected chi connectivity index (χ2v) is 4.98. The molecular formula is C14H21ClN2O. The summed E-state index contributed by atoms with van der Waals surface area (Å²) >= 11 is 0. The van der Waals surface area contributed by atoms with Gasteiger partial charge in [0.15, 0.2) is 0 Å². The van der Waals surface area contributed by atoms with Gasteiger partial charge in [0.1, 0.15) is 0 Å². The van der Waals surface area contributed by atoms with E-state index in [1.54, 1.807) is 0 Å². The van der Waals surface area contributed by atoms with Gasteiger partial charge in [0, 0.05) is 18.8 Å². The van der Waals surface area contributed by atoms with Crippen LogP contribution >= 0.6 is 12.4 Å². The number of piperidine rings is 1. The van der Waals surface area contributed by atoms with E-state index in [0.717, 1.165) is 43.1 Å². The van der Waals surface area contributed by atoms with Crippen LogP contribution in [0.2, 0.25) is 0 Å². The molecule has 1 aliphatic rings. The first-order valence-corrected chi connectivity index (χ1v) is 6.27. The maximum Gasteiger partial charge on any atom is 0.226 e. The van der Waals surface area contributed by atoms with Crippen molar-refractivity contribution < 1.29 is 4.79 Å². The fraction of sp³-hybridized carbons (Fsp3) is 0.500. The highest BCUT2D eigenvalue weighted by Gasteiger charge is 2.19. The number of hydrogen-bond acceptors (Lipinski definition) is 2. The van der Waals surface area contributed by atoms with Crippen molar-refractivity contribution >= 4 is 24.0 Å². The van der Waals surface area contributed by atoms with Crippen LogP contribution in [-0.2, 0) is 11.2 Å². The lowest BCUT2D eigenvalue weighted by atomic mass is 9.98. The molecule has 1 aromatic rings. The van der Waals surface area contributed by atoms with Crippen molar-refractivity contribution in [3.8, 4) is 0 Å². The Bertz CT molecular complexity index is 383. The van der Waals surface area contributed by atoms with Crippen molar-refractivity contribution in [1.29, 1.82) is 0 Å². The number of benzene rings is 1. The topological polar surface area (TPSA) is 46.3 Å². The molecule has 4 heteroatoms. The molecule has 1 amide bonds. The van der Waals surface area contributed by atoms with E-state index >= 15 is 0 Å². The van der Waals surface area contributed by atoms with Gasteiger partial charge in [-0.2, -0.15) is 0 Å². The summed E-state index contributed by atoms with van der Waals surface area (Å²) in [5.41, 5.74) is 7.41. The average Bonchev–Trinajstić information content (AvgIpc) is 2.33. The van der Waals surface area contributed by atoms with Crippen LogP contribution < -0.4 is 5.73 Å². The van der Waals surface area contributed by atoms with Gasteiger partial charge in [-0.3, -0.25) is 4.79 Å². The van der Waals surface area contributed by atoms with Crippen molar-refractivity contribution in [1.82, 2.24) is 4.90 Å². The molecule has 0 aliphatic carbocycles. The number of nitrogens with two attached hydrogens (primary N) is 1. The minimum Gasteiger partial charge on any atom is -0.399 e. The normalized spacial score (nSPS) is 16.2. The van der Waals surface area contributed by atoms with E-state index in [2.05, 4.69) is 6.92 Å². The first-order chi connectivity index (χ1) is 8.15. The highest BCUT2D eigenvalue weighted by atomic mass is 35.5. The predicted molar refractivity (Wildman–Crippen MR) is 76.8 cm³/mol. The summed E-state index contributed by atoms with van der Waals surface area (Å²) < 4.78 is 0.